The second-order valence-corrected chi connectivity index (χ2v) is 5.84. The van der Waals surface area contributed by atoms with Crippen molar-refractivity contribution in [2.24, 2.45) is 4.99 Å². The van der Waals surface area contributed by atoms with Gasteiger partial charge in [-0.2, -0.15) is 0 Å². The molecule has 7 heteroatoms. The van der Waals surface area contributed by atoms with Gasteiger partial charge in [0.15, 0.2) is 5.96 Å². The quantitative estimate of drug-likeness (QED) is 0.317. The van der Waals surface area contributed by atoms with Gasteiger partial charge in [0.05, 0.1) is 20.2 Å². The van der Waals surface area contributed by atoms with Crippen LogP contribution in [0.1, 0.15) is 33.6 Å². The molecule has 0 heterocycles. The first-order valence-electron chi connectivity index (χ1n) is 9.17. The summed E-state index contributed by atoms with van der Waals surface area (Å²) >= 11 is 0. The minimum Gasteiger partial charge on any atom is -0.497 e. The van der Waals surface area contributed by atoms with Crippen molar-refractivity contribution in [1.29, 1.82) is 0 Å². The molecule has 0 aliphatic rings. The second kappa shape index (κ2) is 12.9. The molecule has 146 valence electrons. The predicted molar refractivity (Wildman–Crippen MR) is 105 cm³/mol. The lowest BCUT2D eigenvalue weighted by molar-refractivity contribution is -0.121. The molecule has 1 aromatic carbocycles. The number of amides is 1. The highest BCUT2D eigenvalue weighted by Crippen LogP contribution is 2.16. The molecule has 0 aliphatic heterocycles. The van der Waals surface area contributed by atoms with Crippen LogP contribution < -0.4 is 25.4 Å². The van der Waals surface area contributed by atoms with E-state index >= 15 is 0 Å². The lowest BCUT2D eigenvalue weighted by atomic mass is 10.2. The van der Waals surface area contributed by atoms with Crippen LogP contribution in [0.15, 0.2) is 29.3 Å². The van der Waals surface area contributed by atoms with Crippen molar-refractivity contribution in [2.75, 3.05) is 33.4 Å². The zero-order valence-electron chi connectivity index (χ0n) is 16.3. The number of nitrogens with one attached hydrogen (secondary N) is 3. The molecule has 0 spiro atoms. The van der Waals surface area contributed by atoms with Gasteiger partial charge < -0.3 is 25.4 Å². The molecule has 0 radical (unpaired) electrons. The zero-order valence-corrected chi connectivity index (χ0v) is 16.3. The molecule has 0 saturated heterocycles. The number of methoxy groups -OCH3 is 1. The first-order valence-corrected chi connectivity index (χ1v) is 9.17. The van der Waals surface area contributed by atoms with Crippen molar-refractivity contribution < 1.29 is 14.3 Å². The molecule has 26 heavy (non-hydrogen) atoms. The summed E-state index contributed by atoms with van der Waals surface area (Å²) in [5.74, 6) is 2.30. The number of hydrogen-bond acceptors (Lipinski definition) is 4. The van der Waals surface area contributed by atoms with Gasteiger partial charge in [0.2, 0.25) is 5.91 Å². The minimum atomic E-state index is 0.0294. The summed E-state index contributed by atoms with van der Waals surface area (Å²) < 4.78 is 10.8. The maximum absolute atomic E-state index is 11.8. The number of rotatable bonds is 11. The van der Waals surface area contributed by atoms with Crippen LogP contribution in [-0.4, -0.2) is 51.3 Å². The first-order chi connectivity index (χ1) is 12.6. The Bertz CT molecular complexity index is 546. The molecule has 0 aromatic heterocycles. The van der Waals surface area contributed by atoms with Gasteiger partial charge >= 0.3 is 0 Å². The largest absolute Gasteiger partial charge is 0.497 e. The highest BCUT2D eigenvalue weighted by Gasteiger charge is 2.05. The Kier molecular flexibility index (Phi) is 10.7. The fourth-order valence-corrected chi connectivity index (χ4v) is 2.07. The minimum absolute atomic E-state index is 0.0294. The Morgan fingerprint density at radius 2 is 1.85 bits per heavy atom. The molecule has 1 unspecified atom stereocenters. The summed E-state index contributed by atoms with van der Waals surface area (Å²) in [6.45, 7) is 8.35. The Morgan fingerprint density at radius 3 is 2.46 bits per heavy atom. The monoisotopic (exact) mass is 364 g/mol. The maximum Gasteiger partial charge on any atom is 0.222 e. The molecule has 3 N–H and O–H groups in total. The number of aliphatic imine (C=N–C) groups is 1. The van der Waals surface area contributed by atoms with Crippen molar-refractivity contribution in [1.82, 2.24) is 16.0 Å². The van der Waals surface area contributed by atoms with Crippen LogP contribution >= 0.6 is 0 Å². The highest BCUT2D eigenvalue weighted by atomic mass is 16.5. The Labute approximate surface area is 156 Å². The van der Waals surface area contributed by atoms with E-state index in [0.717, 1.165) is 24.5 Å². The fraction of sp³-hybridized carbons (Fsp3) is 0.579. The van der Waals surface area contributed by atoms with Crippen LogP contribution in [0.25, 0.3) is 0 Å². The summed E-state index contributed by atoms with van der Waals surface area (Å²) in [6.07, 6.45) is 1.30. The van der Waals surface area contributed by atoms with E-state index in [2.05, 4.69) is 20.9 Å². The van der Waals surface area contributed by atoms with E-state index < -0.39 is 0 Å². The van der Waals surface area contributed by atoms with Crippen LogP contribution in [0.2, 0.25) is 0 Å². The molecule has 0 aliphatic carbocycles. The molecule has 0 saturated carbocycles. The summed E-state index contributed by atoms with van der Waals surface area (Å²) in [5, 5.41) is 9.29. The molecule has 1 amide bonds. The van der Waals surface area contributed by atoms with Crippen LogP contribution in [0.4, 0.5) is 0 Å². The number of carbonyl (C=O) groups excluding carboxylic acids is 1. The molecule has 0 bridgehead atoms. The topological polar surface area (TPSA) is 84.0 Å². The van der Waals surface area contributed by atoms with Crippen molar-refractivity contribution in [2.45, 2.75) is 39.7 Å². The molecular formula is C19H32N4O3. The normalized spacial score (nSPS) is 12.2. The van der Waals surface area contributed by atoms with Gasteiger partial charge in [0, 0.05) is 19.0 Å². The van der Waals surface area contributed by atoms with Crippen molar-refractivity contribution in [3.63, 3.8) is 0 Å². The third-order valence-electron chi connectivity index (χ3n) is 3.70. The van der Waals surface area contributed by atoms with E-state index in [0.29, 0.717) is 32.1 Å². The molecule has 1 atom stereocenters. The number of guanidine groups is 1. The van der Waals surface area contributed by atoms with E-state index in [9.17, 15) is 4.79 Å². The molecule has 1 aromatic rings. The van der Waals surface area contributed by atoms with Crippen LogP contribution in [0.3, 0.4) is 0 Å². The number of ether oxygens (including phenoxy) is 2. The molecule has 0 fully saturated rings. The smallest absolute Gasteiger partial charge is 0.222 e. The van der Waals surface area contributed by atoms with Gasteiger partial charge in [-0.05, 0) is 44.5 Å². The Balaban J connectivity index is 2.31. The highest BCUT2D eigenvalue weighted by molar-refractivity contribution is 5.80. The van der Waals surface area contributed by atoms with Crippen molar-refractivity contribution in [3.05, 3.63) is 24.3 Å². The summed E-state index contributed by atoms with van der Waals surface area (Å²) in [6, 6.07) is 7.66. The summed E-state index contributed by atoms with van der Waals surface area (Å²) in [7, 11) is 1.63. The fourth-order valence-electron chi connectivity index (χ4n) is 2.07. The lowest BCUT2D eigenvalue weighted by Gasteiger charge is -2.13. The number of hydrogen-bond donors (Lipinski definition) is 3. The first kappa shape index (κ1) is 21.6. The van der Waals surface area contributed by atoms with Gasteiger partial charge in [0.1, 0.15) is 18.1 Å². The molecule has 7 nitrogen and oxygen atoms in total. The van der Waals surface area contributed by atoms with Gasteiger partial charge in [-0.1, -0.05) is 6.92 Å². The summed E-state index contributed by atoms with van der Waals surface area (Å²) in [5.41, 5.74) is 0. The van der Waals surface area contributed by atoms with Crippen molar-refractivity contribution >= 4 is 11.9 Å². The summed E-state index contributed by atoms with van der Waals surface area (Å²) in [4.78, 5) is 16.2. The standard InChI is InChI=1S/C19H32N4O3/c1-5-15(3)23-18(24)11-12-21-19(20-6-2)22-13-14-26-17-9-7-16(25-4)8-10-17/h7-10,15H,5-6,11-14H2,1-4H3,(H,23,24)(H2,20,21,22). The van der Waals surface area contributed by atoms with E-state index in [1.807, 2.05) is 45.0 Å². The Hall–Kier alpha value is -2.44. The van der Waals surface area contributed by atoms with Gasteiger partial charge in [-0.15, -0.1) is 0 Å². The average molecular weight is 364 g/mol. The van der Waals surface area contributed by atoms with Crippen LogP contribution in [0.5, 0.6) is 11.5 Å². The van der Waals surface area contributed by atoms with E-state index in [1.54, 1.807) is 7.11 Å². The van der Waals surface area contributed by atoms with E-state index in [1.165, 1.54) is 0 Å². The third kappa shape index (κ3) is 9.15. The lowest BCUT2D eigenvalue weighted by Crippen LogP contribution is -2.39. The third-order valence-corrected chi connectivity index (χ3v) is 3.70. The second-order valence-electron chi connectivity index (χ2n) is 5.84. The van der Waals surface area contributed by atoms with E-state index in [-0.39, 0.29) is 11.9 Å². The van der Waals surface area contributed by atoms with Crippen LogP contribution in [-0.2, 0) is 4.79 Å². The predicted octanol–water partition coefficient (Wildman–Crippen LogP) is 1.93. The molecule has 1 rings (SSSR count). The van der Waals surface area contributed by atoms with Gasteiger partial charge in [-0.3, -0.25) is 9.79 Å². The average Bonchev–Trinajstić information content (AvgIpc) is 2.65. The van der Waals surface area contributed by atoms with Gasteiger partial charge in [0.25, 0.3) is 0 Å². The van der Waals surface area contributed by atoms with Gasteiger partial charge in [-0.25, -0.2) is 0 Å². The zero-order chi connectivity index (χ0) is 19.2. The maximum atomic E-state index is 11.8. The van der Waals surface area contributed by atoms with Crippen LogP contribution in [0, 0.1) is 0 Å². The van der Waals surface area contributed by atoms with E-state index in [4.69, 9.17) is 9.47 Å². The molecular weight excluding hydrogens is 332 g/mol. The number of carbonyl (C=O) groups is 1. The van der Waals surface area contributed by atoms with Crippen molar-refractivity contribution in [3.8, 4) is 11.5 Å². The number of benzene rings is 1. The Morgan fingerprint density at radius 1 is 1.15 bits per heavy atom. The SMILES string of the molecule is CCNC(=NCCC(=O)NC(C)CC)NCCOc1ccc(OC)cc1. The number of nitrogens with zero attached hydrogens (tertiary/aromatic N) is 1.